The molecule has 0 atom stereocenters. The van der Waals surface area contributed by atoms with Crippen molar-refractivity contribution in [3.63, 3.8) is 0 Å². The number of carbonyl (C=O) groups is 2. The highest BCUT2D eigenvalue weighted by molar-refractivity contribution is 8.26. The summed E-state index contributed by atoms with van der Waals surface area (Å²) in [5, 5.41) is 9.58. The number of aromatic nitrogens is 1. The lowest BCUT2D eigenvalue weighted by atomic mass is 10.2. The van der Waals surface area contributed by atoms with Gasteiger partial charge in [-0.2, -0.15) is 0 Å². The Morgan fingerprint density at radius 2 is 1.88 bits per heavy atom. The average molecular weight is 483 g/mol. The van der Waals surface area contributed by atoms with Gasteiger partial charge in [0, 0.05) is 17.1 Å². The maximum absolute atomic E-state index is 13.0. The standard InChI is InChI=1S/C24H19ClN2O3S2/c1-14-10-17(15(2)27(14)18-8-9-20(25)19(12-18)23(29)30)11-21-22(28)26(24(31)32-21)13-16-6-4-3-5-7-16/h3-12H,13H2,1-2H3,(H,29,30)/b21-11+. The van der Waals surface area contributed by atoms with E-state index in [0.717, 1.165) is 22.5 Å². The molecule has 1 amide bonds. The summed E-state index contributed by atoms with van der Waals surface area (Å²) in [4.78, 5) is 26.7. The van der Waals surface area contributed by atoms with Crippen LogP contribution in [-0.4, -0.2) is 30.8 Å². The number of aryl methyl sites for hydroxylation is 1. The SMILES string of the molecule is Cc1cc(/C=C2/SC(=S)N(Cc3ccccc3)C2=O)c(C)n1-c1ccc(Cl)c(C(=O)O)c1. The van der Waals surface area contributed by atoms with Crippen molar-refractivity contribution in [2.45, 2.75) is 20.4 Å². The quantitative estimate of drug-likeness (QED) is 0.365. The monoisotopic (exact) mass is 482 g/mol. The van der Waals surface area contributed by atoms with Crippen molar-refractivity contribution in [1.82, 2.24) is 9.47 Å². The number of nitrogens with zero attached hydrogens (tertiary/aromatic N) is 2. The van der Waals surface area contributed by atoms with E-state index in [9.17, 15) is 14.7 Å². The minimum atomic E-state index is -1.08. The number of thioether (sulfide) groups is 1. The summed E-state index contributed by atoms with van der Waals surface area (Å²) in [5.74, 6) is -1.20. The highest BCUT2D eigenvalue weighted by Gasteiger charge is 2.32. The molecule has 0 radical (unpaired) electrons. The second kappa shape index (κ2) is 8.94. The molecule has 0 bridgehead atoms. The second-order valence-electron chi connectivity index (χ2n) is 7.38. The minimum absolute atomic E-state index is 0.0417. The summed E-state index contributed by atoms with van der Waals surface area (Å²) in [6.07, 6.45) is 1.84. The van der Waals surface area contributed by atoms with Gasteiger partial charge in [-0.3, -0.25) is 9.69 Å². The van der Waals surface area contributed by atoms with Gasteiger partial charge in [-0.15, -0.1) is 0 Å². The van der Waals surface area contributed by atoms with Crippen molar-refractivity contribution < 1.29 is 14.7 Å². The van der Waals surface area contributed by atoms with E-state index >= 15 is 0 Å². The van der Waals surface area contributed by atoms with Gasteiger partial charge in [0.2, 0.25) is 0 Å². The first-order valence-electron chi connectivity index (χ1n) is 9.77. The molecule has 1 aromatic heterocycles. The van der Waals surface area contributed by atoms with E-state index in [0.29, 0.717) is 21.5 Å². The second-order valence-corrected chi connectivity index (χ2v) is 9.47. The Morgan fingerprint density at radius 3 is 2.56 bits per heavy atom. The molecule has 1 aliphatic heterocycles. The van der Waals surface area contributed by atoms with Crippen molar-refractivity contribution >= 4 is 57.9 Å². The normalized spacial score (nSPS) is 15.1. The largest absolute Gasteiger partial charge is 0.478 e. The van der Waals surface area contributed by atoms with Gasteiger partial charge in [-0.1, -0.05) is 65.9 Å². The first-order chi connectivity index (χ1) is 15.3. The number of hydrogen-bond donors (Lipinski definition) is 1. The smallest absolute Gasteiger partial charge is 0.337 e. The number of carboxylic acid groups (broad SMARTS) is 1. The van der Waals surface area contributed by atoms with E-state index in [-0.39, 0.29) is 16.5 Å². The maximum Gasteiger partial charge on any atom is 0.337 e. The van der Waals surface area contributed by atoms with Crippen LogP contribution in [0.2, 0.25) is 5.02 Å². The van der Waals surface area contributed by atoms with Gasteiger partial charge in [0.1, 0.15) is 4.32 Å². The third-order valence-electron chi connectivity index (χ3n) is 5.25. The molecule has 2 aromatic carbocycles. The van der Waals surface area contributed by atoms with Crippen LogP contribution in [0.4, 0.5) is 0 Å². The summed E-state index contributed by atoms with van der Waals surface area (Å²) in [5.41, 5.74) is 4.41. The van der Waals surface area contributed by atoms with Crippen LogP contribution in [-0.2, 0) is 11.3 Å². The summed E-state index contributed by atoms with van der Waals surface area (Å²) in [6.45, 7) is 4.29. The third-order valence-corrected chi connectivity index (χ3v) is 6.96. The number of carbonyl (C=O) groups excluding carboxylic acids is 1. The van der Waals surface area contributed by atoms with Crippen molar-refractivity contribution in [3.05, 3.63) is 92.6 Å². The number of thiocarbonyl (C=S) groups is 1. The number of amides is 1. The maximum atomic E-state index is 13.0. The molecule has 32 heavy (non-hydrogen) atoms. The molecule has 8 heteroatoms. The number of hydrogen-bond acceptors (Lipinski definition) is 4. The minimum Gasteiger partial charge on any atom is -0.478 e. The van der Waals surface area contributed by atoms with Crippen LogP contribution in [0, 0.1) is 13.8 Å². The van der Waals surface area contributed by atoms with E-state index < -0.39 is 5.97 Å². The molecule has 1 fully saturated rings. The highest BCUT2D eigenvalue weighted by atomic mass is 35.5. The number of carboxylic acids is 1. The first kappa shape index (κ1) is 22.3. The van der Waals surface area contributed by atoms with E-state index in [1.165, 1.54) is 11.8 Å². The lowest BCUT2D eigenvalue weighted by molar-refractivity contribution is -0.122. The summed E-state index contributed by atoms with van der Waals surface area (Å²) >= 11 is 12.8. The molecule has 0 unspecified atom stereocenters. The van der Waals surface area contributed by atoms with Crippen molar-refractivity contribution in [3.8, 4) is 5.69 Å². The molecule has 1 N–H and O–H groups in total. The predicted octanol–water partition coefficient (Wildman–Crippen LogP) is 5.85. The molecule has 1 saturated heterocycles. The van der Waals surface area contributed by atoms with Gasteiger partial charge in [0.05, 0.1) is 22.0 Å². The summed E-state index contributed by atoms with van der Waals surface area (Å²) < 4.78 is 2.47. The van der Waals surface area contributed by atoms with Gasteiger partial charge in [0.25, 0.3) is 5.91 Å². The van der Waals surface area contributed by atoms with E-state index in [4.69, 9.17) is 23.8 Å². The van der Waals surface area contributed by atoms with Crippen molar-refractivity contribution in [1.29, 1.82) is 0 Å². The number of aromatic carboxylic acids is 1. The molecule has 2 heterocycles. The zero-order valence-electron chi connectivity index (χ0n) is 17.3. The van der Waals surface area contributed by atoms with Crippen LogP contribution in [0.1, 0.15) is 32.9 Å². The van der Waals surface area contributed by atoms with Crippen molar-refractivity contribution in [2.75, 3.05) is 0 Å². The lowest BCUT2D eigenvalue weighted by Crippen LogP contribution is -2.27. The van der Waals surface area contributed by atoms with Gasteiger partial charge in [-0.05, 0) is 55.3 Å². The zero-order chi connectivity index (χ0) is 23.0. The molecule has 1 aliphatic rings. The molecular formula is C24H19ClN2O3S2. The highest BCUT2D eigenvalue weighted by Crippen LogP contribution is 2.35. The fraction of sp³-hybridized carbons (Fsp3) is 0.125. The topological polar surface area (TPSA) is 62.5 Å². The van der Waals surface area contributed by atoms with Crippen LogP contribution in [0.25, 0.3) is 11.8 Å². The van der Waals surface area contributed by atoms with Crippen LogP contribution >= 0.6 is 35.6 Å². The summed E-state index contributed by atoms with van der Waals surface area (Å²) in [7, 11) is 0. The Labute approximate surface area is 200 Å². The van der Waals surface area contributed by atoms with Crippen molar-refractivity contribution in [2.24, 2.45) is 0 Å². The number of rotatable bonds is 5. The van der Waals surface area contributed by atoms with Crippen LogP contribution in [0.15, 0.2) is 59.5 Å². The van der Waals surface area contributed by atoms with Gasteiger partial charge in [0.15, 0.2) is 0 Å². The van der Waals surface area contributed by atoms with Gasteiger partial charge in [-0.25, -0.2) is 4.79 Å². The fourth-order valence-corrected chi connectivity index (χ4v) is 5.14. The van der Waals surface area contributed by atoms with Crippen LogP contribution in [0.3, 0.4) is 0 Å². The molecule has 4 rings (SSSR count). The molecule has 0 aliphatic carbocycles. The zero-order valence-corrected chi connectivity index (χ0v) is 19.7. The Bertz CT molecular complexity index is 1280. The Hall–Kier alpha value is -2.87. The van der Waals surface area contributed by atoms with E-state index in [1.807, 2.05) is 60.9 Å². The molecule has 162 valence electrons. The fourth-order valence-electron chi connectivity index (χ4n) is 3.69. The van der Waals surface area contributed by atoms with Crippen LogP contribution < -0.4 is 0 Å². The predicted molar refractivity (Wildman–Crippen MR) is 132 cm³/mol. The van der Waals surface area contributed by atoms with Gasteiger partial charge >= 0.3 is 5.97 Å². The first-order valence-corrected chi connectivity index (χ1v) is 11.4. The lowest BCUT2D eigenvalue weighted by Gasteiger charge is -2.14. The van der Waals surface area contributed by atoms with E-state index in [1.54, 1.807) is 23.1 Å². The Kier molecular flexibility index (Phi) is 6.24. The Morgan fingerprint density at radius 1 is 1.16 bits per heavy atom. The Balaban J connectivity index is 1.66. The average Bonchev–Trinajstić information content (AvgIpc) is 3.18. The van der Waals surface area contributed by atoms with E-state index in [2.05, 4.69) is 0 Å². The molecular weight excluding hydrogens is 464 g/mol. The molecule has 0 saturated carbocycles. The number of halogens is 1. The molecule has 3 aromatic rings. The summed E-state index contributed by atoms with van der Waals surface area (Å²) in [6, 6.07) is 16.6. The van der Waals surface area contributed by atoms with Crippen LogP contribution in [0.5, 0.6) is 0 Å². The third kappa shape index (κ3) is 4.24. The number of benzene rings is 2. The van der Waals surface area contributed by atoms with Gasteiger partial charge < -0.3 is 9.67 Å². The molecule has 0 spiro atoms. The molecule has 5 nitrogen and oxygen atoms in total.